The molecule has 0 saturated heterocycles. The quantitative estimate of drug-likeness (QED) is 0.884. The van der Waals surface area contributed by atoms with Gasteiger partial charge in [0.2, 0.25) is 0 Å². The van der Waals surface area contributed by atoms with Gasteiger partial charge >= 0.3 is 0 Å². The molecule has 1 aromatic carbocycles. The van der Waals surface area contributed by atoms with Crippen LogP contribution in [-0.4, -0.2) is 15.1 Å². The second-order valence-corrected chi connectivity index (χ2v) is 6.33. The molecule has 18 heavy (non-hydrogen) atoms. The molecule has 0 aliphatic heterocycles. The van der Waals surface area contributed by atoms with Crippen LogP contribution in [-0.2, 0) is 12.5 Å². The van der Waals surface area contributed by atoms with Gasteiger partial charge in [-0.2, -0.15) is 0 Å². The molecule has 0 saturated carbocycles. The molecule has 0 bridgehead atoms. The molecule has 2 N–H and O–H groups in total. The van der Waals surface area contributed by atoms with Gasteiger partial charge in [0.25, 0.3) is 0 Å². The van der Waals surface area contributed by atoms with Crippen molar-refractivity contribution in [2.24, 2.45) is 12.8 Å². The molecule has 0 atom stereocenters. The predicted octanol–water partition coefficient (Wildman–Crippen LogP) is 2.90. The van der Waals surface area contributed by atoms with Gasteiger partial charge in [0.05, 0.1) is 11.0 Å². The molecule has 1 heterocycles. The molecule has 1 aromatic heterocycles. The Kier molecular flexibility index (Phi) is 2.78. The van der Waals surface area contributed by atoms with Crippen LogP contribution in [0.3, 0.4) is 0 Å². The zero-order valence-electron chi connectivity index (χ0n) is 12.2. The van der Waals surface area contributed by atoms with Crippen molar-refractivity contribution < 1.29 is 0 Å². The van der Waals surface area contributed by atoms with E-state index in [0.717, 1.165) is 16.9 Å². The number of fused-ring (bicyclic) bond motifs is 1. The molecule has 0 radical (unpaired) electrons. The summed E-state index contributed by atoms with van der Waals surface area (Å²) in [6, 6.07) is 6.37. The number of nitrogens with two attached hydrogens (primary N) is 1. The number of aryl methyl sites for hydroxylation is 2. The van der Waals surface area contributed by atoms with Crippen molar-refractivity contribution >= 4 is 11.0 Å². The molecule has 3 heteroatoms. The average molecular weight is 245 g/mol. The summed E-state index contributed by atoms with van der Waals surface area (Å²) >= 11 is 0. The average Bonchev–Trinajstić information content (AvgIpc) is 2.54. The van der Waals surface area contributed by atoms with Crippen molar-refractivity contribution in [2.75, 3.05) is 0 Å². The maximum atomic E-state index is 6.31. The van der Waals surface area contributed by atoms with Gasteiger partial charge in [0.15, 0.2) is 0 Å². The molecule has 3 nitrogen and oxygen atoms in total. The first-order valence-corrected chi connectivity index (χ1v) is 6.37. The molecule has 2 aromatic rings. The molecule has 0 fully saturated rings. The van der Waals surface area contributed by atoms with Crippen molar-refractivity contribution in [3.05, 3.63) is 29.6 Å². The normalized spacial score (nSPS) is 13.3. The zero-order valence-corrected chi connectivity index (χ0v) is 12.2. The summed E-state index contributed by atoms with van der Waals surface area (Å²) in [5, 5.41) is 0. The summed E-state index contributed by atoms with van der Waals surface area (Å²) in [7, 11) is 2.06. The summed E-state index contributed by atoms with van der Waals surface area (Å²) in [5.74, 6) is 1.04. The highest BCUT2D eigenvalue weighted by atomic mass is 15.1. The Bertz CT molecular complexity index is 586. The summed E-state index contributed by atoms with van der Waals surface area (Å²) in [6.07, 6.45) is 0. The van der Waals surface area contributed by atoms with Gasteiger partial charge in [-0.15, -0.1) is 0 Å². The van der Waals surface area contributed by atoms with Crippen molar-refractivity contribution in [1.82, 2.24) is 9.55 Å². The fraction of sp³-hybridized carbons (Fsp3) is 0.533. The first kappa shape index (κ1) is 13.1. The van der Waals surface area contributed by atoms with Crippen LogP contribution < -0.4 is 5.73 Å². The highest BCUT2D eigenvalue weighted by Gasteiger charge is 2.38. The van der Waals surface area contributed by atoms with E-state index in [2.05, 4.69) is 64.4 Å². The second kappa shape index (κ2) is 3.82. The van der Waals surface area contributed by atoms with Gasteiger partial charge in [-0.05, 0) is 38.5 Å². The van der Waals surface area contributed by atoms with Gasteiger partial charge < -0.3 is 10.3 Å². The van der Waals surface area contributed by atoms with E-state index in [0.29, 0.717) is 0 Å². The van der Waals surface area contributed by atoms with E-state index < -0.39 is 0 Å². The fourth-order valence-electron chi connectivity index (χ4n) is 2.16. The third kappa shape index (κ3) is 1.83. The van der Waals surface area contributed by atoms with E-state index in [1.165, 1.54) is 5.56 Å². The van der Waals surface area contributed by atoms with E-state index in [1.807, 2.05) is 0 Å². The van der Waals surface area contributed by atoms with Crippen molar-refractivity contribution in [3.8, 4) is 0 Å². The third-order valence-corrected chi connectivity index (χ3v) is 4.21. The molecular formula is C15H23N3. The van der Waals surface area contributed by atoms with Crippen LogP contribution in [0.2, 0.25) is 0 Å². The monoisotopic (exact) mass is 245 g/mol. The third-order valence-electron chi connectivity index (χ3n) is 4.21. The summed E-state index contributed by atoms with van der Waals surface area (Å²) in [4.78, 5) is 4.79. The van der Waals surface area contributed by atoms with Crippen molar-refractivity contribution in [2.45, 2.75) is 45.6 Å². The van der Waals surface area contributed by atoms with E-state index in [9.17, 15) is 0 Å². The van der Waals surface area contributed by atoms with E-state index in [-0.39, 0.29) is 11.0 Å². The lowest BCUT2D eigenvalue weighted by molar-refractivity contribution is 0.286. The minimum absolute atomic E-state index is 0.186. The molecule has 0 amide bonds. The van der Waals surface area contributed by atoms with E-state index >= 15 is 0 Å². The Labute approximate surface area is 109 Å². The lowest BCUT2D eigenvalue weighted by Gasteiger charge is -2.37. The van der Waals surface area contributed by atoms with Crippen LogP contribution in [0.15, 0.2) is 18.2 Å². The highest BCUT2D eigenvalue weighted by Crippen LogP contribution is 2.33. The molecule has 98 valence electrons. The van der Waals surface area contributed by atoms with Gasteiger partial charge in [-0.25, -0.2) is 4.98 Å². The summed E-state index contributed by atoms with van der Waals surface area (Å²) in [5.41, 5.74) is 9.24. The van der Waals surface area contributed by atoms with E-state index in [1.54, 1.807) is 0 Å². The summed E-state index contributed by atoms with van der Waals surface area (Å²) < 4.78 is 2.16. The van der Waals surface area contributed by atoms with Crippen molar-refractivity contribution in [1.29, 1.82) is 0 Å². The Balaban J connectivity index is 2.70. The standard InChI is InChI=1S/C15H23N3/c1-10-7-8-12-11(9-10)17-13(18(12)6)14(2,3)15(4,5)16/h7-9H,16H2,1-6H3. The van der Waals surface area contributed by atoms with Crippen LogP contribution in [0, 0.1) is 6.92 Å². The Morgan fingerprint density at radius 1 is 1.17 bits per heavy atom. The lowest BCUT2D eigenvalue weighted by atomic mass is 9.74. The van der Waals surface area contributed by atoms with Crippen LogP contribution >= 0.6 is 0 Å². The van der Waals surface area contributed by atoms with Crippen LogP contribution in [0.5, 0.6) is 0 Å². The maximum absolute atomic E-state index is 6.31. The number of hydrogen-bond donors (Lipinski definition) is 1. The molecule has 2 rings (SSSR count). The number of rotatable bonds is 2. The van der Waals surface area contributed by atoms with Gasteiger partial charge in [0.1, 0.15) is 5.82 Å². The number of nitrogens with zero attached hydrogens (tertiary/aromatic N) is 2. The first-order chi connectivity index (χ1) is 8.14. The highest BCUT2D eigenvalue weighted by molar-refractivity contribution is 5.77. The minimum Gasteiger partial charge on any atom is -0.331 e. The van der Waals surface area contributed by atoms with Crippen LogP contribution in [0.25, 0.3) is 11.0 Å². The van der Waals surface area contributed by atoms with Gasteiger partial charge in [-0.1, -0.05) is 19.9 Å². The second-order valence-electron chi connectivity index (χ2n) is 6.33. The molecular weight excluding hydrogens is 222 g/mol. The predicted molar refractivity (Wildman–Crippen MR) is 76.7 cm³/mol. The van der Waals surface area contributed by atoms with Crippen LogP contribution in [0.1, 0.15) is 39.1 Å². The zero-order chi connectivity index (χ0) is 13.7. The number of hydrogen-bond acceptors (Lipinski definition) is 2. The topological polar surface area (TPSA) is 43.8 Å². The fourth-order valence-corrected chi connectivity index (χ4v) is 2.16. The smallest absolute Gasteiger partial charge is 0.117 e. The van der Waals surface area contributed by atoms with Crippen LogP contribution in [0.4, 0.5) is 0 Å². The Hall–Kier alpha value is -1.35. The van der Waals surface area contributed by atoms with E-state index in [4.69, 9.17) is 10.7 Å². The van der Waals surface area contributed by atoms with Crippen molar-refractivity contribution in [3.63, 3.8) is 0 Å². The minimum atomic E-state index is -0.322. The summed E-state index contributed by atoms with van der Waals surface area (Å²) in [6.45, 7) is 10.5. The largest absolute Gasteiger partial charge is 0.331 e. The molecule has 0 spiro atoms. The number of imidazole rings is 1. The Morgan fingerprint density at radius 3 is 2.33 bits per heavy atom. The van der Waals surface area contributed by atoms with Gasteiger partial charge in [-0.3, -0.25) is 0 Å². The first-order valence-electron chi connectivity index (χ1n) is 6.37. The number of aromatic nitrogens is 2. The maximum Gasteiger partial charge on any atom is 0.117 e. The van der Waals surface area contributed by atoms with Gasteiger partial charge in [0, 0.05) is 18.0 Å². The molecule has 0 aliphatic rings. The SMILES string of the molecule is Cc1ccc2c(c1)nc(C(C)(C)C(C)(C)N)n2C. The number of benzene rings is 1. The molecule has 0 unspecified atom stereocenters. The Morgan fingerprint density at radius 2 is 1.78 bits per heavy atom. The lowest BCUT2D eigenvalue weighted by Crippen LogP contribution is -2.51. The molecule has 0 aliphatic carbocycles.